The van der Waals surface area contributed by atoms with Crippen LogP contribution in [0.5, 0.6) is 0 Å². The number of aromatic nitrogens is 4. The molecule has 0 N–H and O–H groups in total. The third kappa shape index (κ3) is 3.46. The maximum absolute atomic E-state index is 12.8. The van der Waals surface area contributed by atoms with Crippen molar-refractivity contribution in [2.45, 2.75) is 25.8 Å². The van der Waals surface area contributed by atoms with Gasteiger partial charge in [0.25, 0.3) is 5.91 Å². The van der Waals surface area contributed by atoms with E-state index in [0.717, 1.165) is 53.4 Å². The summed E-state index contributed by atoms with van der Waals surface area (Å²) in [7, 11) is 4.11. The van der Waals surface area contributed by atoms with Crippen LogP contribution in [0.25, 0.3) is 11.0 Å². The van der Waals surface area contributed by atoms with Crippen LogP contribution in [0.3, 0.4) is 0 Å². The van der Waals surface area contributed by atoms with Gasteiger partial charge in [-0.05, 0) is 39.6 Å². The van der Waals surface area contributed by atoms with Gasteiger partial charge in [0.15, 0.2) is 5.65 Å². The third-order valence-electron chi connectivity index (χ3n) is 5.10. The van der Waals surface area contributed by atoms with Crippen LogP contribution < -0.4 is 0 Å². The predicted octanol–water partition coefficient (Wildman–Crippen LogP) is 2.39. The Labute approximate surface area is 162 Å². The SMILES string of the molecule is Cc1ncsc1C(=O)N1CC[C@H](c2nn(CCN(C)C)c3ncccc23)C1. The number of hydrogen-bond acceptors (Lipinski definition) is 6. The first-order chi connectivity index (χ1) is 13.0. The molecule has 7 nitrogen and oxygen atoms in total. The van der Waals surface area contributed by atoms with Gasteiger partial charge in [0, 0.05) is 37.1 Å². The molecule has 0 unspecified atom stereocenters. The van der Waals surface area contributed by atoms with Crippen LogP contribution in [-0.2, 0) is 6.54 Å². The first kappa shape index (κ1) is 18.1. The van der Waals surface area contributed by atoms with Gasteiger partial charge in [0.05, 0.1) is 23.4 Å². The molecule has 1 aliphatic heterocycles. The molecule has 0 bridgehead atoms. The molecule has 4 rings (SSSR count). The van der Waals surface area contributed by atoms with Crippen LogP contribution in [0, 0.1) is 6.92 Å². The predicted molar refractivity (Wildman–Crippen MR) is 106 cm³/mol. The average molecular weight is 385 g/mol. The molecule has 8 heteroatoms. The summed E-state index contributed by atoms with van der Waals surface area (Å²) >= 11 is 1.42. The zero-order valence-corrected chi connectivity index (χ0v) is 16.7. The van der Waals surface area contributed by atoms with Crippen molar-refractivity contribution < 1.29 is 4.79 Å². The van der Waals surface area contributed by atoms with Gasteiger partial charge in [0.2, 0.25) is 0 Å². The molecular weight excluding hydrogens is 360 g/mol. The number of fused-ring (bicyclic) bond motifs is 1. The molecule has 1 aliphatic rings. The summed E-state index contributed by atoms with van der Waals surface area (Å²) in [6.45, 7) is 5.06. The van der Waals surface area contributed by atoms with Crippen molar-refractivity contribution in [1.29, 1.82) is 0 Å². The van der Waals surface area contributed by atoms with Gasteiger partial charge >= 0.3 is 0 Å². The van der Waals surface area contributed by atoms with Gasteiger partial charge in [-0.2, -0.15) is 5.10 Å². The molecular formula is C19H24N6OS. The summed E-state index contributed by atoms with van der Waals surface area (Å²) in [5.41, 5.74) is 4.54. The van der Waals surface area contributed by atoms with E-state index in [1.165, 1.54) is 11.3 Å². The highest BCUT2D eigenvalue weighted by atomic mass is 32.1. The summed E-state index contributed by atoms with van der Waals surface area (Å²) < 4.78 is 2.00. The van der Waals surface area contributed by atoms with E-state index < -0.39 is 0 Å². The van der Waals surface area contributed by atoms with E-state index in [4.69, 9.17) is 5.10 Å². The van der Waals surface area contributed by atoms with Crippen molar-refractivity contribution in [3.8, 4) is 0 Å². The number of likely N-dealkylation sites (tertiary alicyclic amines) is 1. The van der Waals surface area contributed by atoms with Crippen LogP contribution in [0.15, 0.2) is 23.8 Å². The van der Waals surface area contributed by atoms with Crippen LogP contribution >= 0.6 is 11.3 Å². The maximum atomic E-state index is 12.8. The summed E-state index contributed by atoms with van der Waals surface area (Å²) in [6, 6.07) is 4.05. The van der Waals surface area contributed by atoms with Gasteiger partial charge in [-0.1, -0.05) is 0 Å². The first-order valence-corrected chi connectivity index (χ1v) is 10.1. The molecule has 1 fully saturated rings. The number of likely N-dealkylation sites (N-methyl/N-ethyl adjacent to an activating group) is 1. The maximum Gasteiger partial charge on any atom is 0.265 e. The smallest absolute Gasteiger partial charge is 0.265 e. The molecule has 0 radical (unpaired) electrons. The normalized spacial score (nSPS) is 17.3. The zero-order chi connectivity index (χ0) is 19.0. The number of amides is 1. The van der Waals surface area contributed by atoms with Gasteiger partial charge in [-0.15, -0.1) is 11.3 Å². The first-order valence-electron chi connectivity index (χ1n) is 9.20. The second-order valence-corrected chi connectivity index (χ2v) is 8.14. The van der Waals surface area contributed by atoms with Crippen molar-refractivity contribution >= 4 is 28.3 Å². The minimum atomic E-state index is 0.0898. The molecule has 0 saturated carbocycles. The van der Waals surface area contributed by atoms with Gasteiger partial charge < -0.3 is 9.80 Å². The van der Waals surface area contributed by atoms with E-state index in [-0.39, 0.29) is 11.8 Å². The average Bonchev–Trinajstić information content (AvgIpc) is 3.37. The van der Waals surface area contributed by atoms with E-state index in [0.29, 0.717) is 6.54 Å². The Morgan fingerprint density at radius 1 is 1.37 bits per heavy atom. The monoisotopic (exact) mass is 384 g/mol. The Balaban J connectivity index is 1.58. The molecule has 4 heterocycles. The van der Waals surface area contributed by atoms with Crippen molar-refractivity contribution in [1.82, 2.24) is 29.5 Å². The molecule has 0 spiro atoms. The van der Waals surface area contributed by atoms with Crippen molar-refractivity contribution in [3.63, 3.8) is 0 Å². The van der Waals surface area contributed by atoms with Crippen molar-refractivity contribution in [2.75, 3.05) is 33.7 Å². The van der Waals surface area contributed by atoms with E-state index in [9.17, 15) is 4.79 Å². The topological polar surface area (TPSA) is 67.2 Å². The van der Waals surface area contributed by atoms with E-state index in [2.05, 4.69) is 35.0 Å². The standard InChI is InChI=1S/C19H24N6OS/c1-13-17(27-12-21-13)19(26)24-8-6-14(11-24)16-15-5-4-7-20-18(15)25(22-16)10-9-23(2)3/h4-5,7,12,14H,6,8-11H2,1-3H3/t14-/m0/s1. The summed E-state index contributed by atoms with van der Waals surface area (Å²) in [5.74, 6) is 0.335. The van der Waals surface area contributed by atoms with Crippen molar-refractivity contribution in [3.05, 3.63) is 40.1 Å². The highest BCUT2D eigenvalue weighted by Gasteiger charge is 2.32. The van der Waals surface area contributed by atoms with Crippen molar-refractivity contribution in [2.24, 2.45) is 0 Å². The summed E-state index contributed by atoms with van der Waals surface area (Å²) in [6.07, 6.45) is 2.75. The minimum absolute atomic E-state index is 0.0898. The molecule has 1 saturated heterocycles. The second-order valence-electron chi connectivity index (χ2n) is 7.29. The lowest BCUT2D eigenvalue weighted by Crippen LogP contribution is -2.28. The second kappa shape index (κ2) is 7.36. The molecule has 3 aromatic heterocycles. The molecule has 142 valence electrons. The highest BCUT2D eigenvalue weighted by Crippen LogP contribution is 2.32. The molecule has 0 aliphatic carbocycles. The van der Waals surface area contributed by atoms with E-state index in [1.54, 1.807) is 5.51 Å². The van der Waals surface area contributed by atoms with Crippen LogP contribution in [0.1, 0.15) is 33.4 Å². The molecule has 3 aromatic rings. The number of hydrogen-bond donors (Lipinski definition) is 0. The Kier molecular flexibility index (Phi) is 4.92. The van der Waals surface area contributed by atoms with E-state index in [1.807, 2.05) is 28.8 Å². The fourth-order valence-electron chi connectivity index (χ4n) is 3.60. The van der Waals surface area contributed by atoms with Crippen LogP contribution in [0.2, 0.25) is 0 Å². The minimum Gasteiger partial charge on any atom is -0.337 e. The Morgan fingerprint density at radius 3 is 2.96 bits per heavy atom. The van der Waals surface area contributed by atoms with Crippen LogP contribution in [-0.4, -0.2) is 69.2 Å². The summed E-state index contributed by atoms with van der Waals surface area (Å²) in [4.78, 5) is 26.4. The lowest BCUT2D eigenvalue weighted by molar-refractivity contribution is 0.0794. The molecule has 1 amide bonds. The third-order valence-corrected chi connectivity index (χ3v) is 6.01. The van der Waals surface area contributed by atoms with E-state index >= 15 is 0 Å². The number of thiazole rings is 1. The Hall–Kier alpha value is -2.32. The van der Waals surface area contributed by atoms with Gasteiger partial charge in [0.1, 0.15) is 4.88 Å². The number of pyridine rings is 1. The number of carbonyl (C=O) groups is 1. The fraction of sp³-hybridized carbons (Fsp3) is 0.474. The number of aryl methyl sites for hydroxylation is 1. The Morgan fingerprint density at radius 2 is 2.22 bits per heavy atom. The quantitative estimate of drug-likeness (QED) is 0.676. The molecule has 0 aromatic carbocycles. The van der Waals surface area contributed by atoms with Gasteiger partial charge in [-0.25, -0.2) is 14.6 Å². The lowest BCUT2D eigenvalue weighted by Gasteiger charge is -2.15. The number of carbonyl (C=O) groups excluding carboxylic acids is 1. The summed E-state index contributed by atoms with van der Waals surface area (Å²) in [5, 5.41) is 6.00. The fourth-order valence-corrected chi connectivity index (χ4v) is 4.37. The lowest BCUT2D eigenvalue weighted by atomic mass is 10.0. The zero-order valence-electron chi connectivity index (χ0n) is 15.9. The Bertz CT molecular complexity index is 962. The largest absolute Gasteiger partial charge is 0.337 e. The van der Waals surface area contributed by atoms with Crippen LogP contribution in [0.4, 0.5) is 0 Å². The highest BCUT2D eigenvalue weighted by molar-refractivity contribution is 7.11. The number of nitrogens with zero attached hydrogens (tertiary/aromatic N) is 6. The molecule has 27 heavy (non-hydrogen) atoms. The van der Waals surface area contributed by atoms with Gasteiger partial charge in [-0.3, -0.25) is 4.79 Å². The number of rotatable bonds is 5. The molecule has 1 atom stereocenters.